The lowest BCUT2D eigenvalue weighted by atomic mass is 10.1. The van der Waals surface area contributed by atoms with Crippen LogP contribution in [0, 0.1) is 5.92 Å². The smallest absolute Gasteiger partial charge is 0.346 e. The summed E-state index contributed by atoms with van der Waals surface area (Å²) in [4.78, 5) is 12.9. The van der Waals surface area contributed by atoms with Gasteiger partial charge in [0.2, 0.25) is 5.91 Å². The van der Waals surface area contributed by atoms with Gasteiger partial charge in [-0.15, -0.1) is 0 Å². The number of carbonyl (C=O) groups is 1. The summed E-state index contributed by atoms with van der Waals surface area (Å²) in [6.07, 6.45) is -4.36. The van der Waals surface area contributed by atoms with Crippen LogP contribution in [0.1, 0.15) is 6.92 Å². The van der Waals surface area contributed by atoms with E-state index in [0.29, 0.717) is 13.1 Å². The Morgan fingerprint density at radius 2 is 2.12 bits per heavy atom. The molecule has 0 aliphatic carbocycles. The maximum absolute atomic E-state index is 11.8. The zero-order valence-corrected chi connectivity index (χ0v) is 9.05. The van der Waals surface area contributed by atoms with Crippen LogP contribution in [0.15, 0.2) is 0 Å². The molecule has 1 fully saturated rings. The van der Waals surface area contributed by atoms with E-state index < -0.39 is 18.6 Å². The third kappa shape index (κ3) is 4.36. The maximum atomic E-state index is 11.8. The van der Waals surface area contributed by atoms with E-state index in [9.17, 15) is 18.0 Å². The second-order valence-corrected chi connectivity index (χ2v) is 4.23. The molecule has 1 amide bonds. The molecule has 16 heavy (non-hydrogen) atoms. The molecular formula is C9H16F3N3O. The first-order valence-electron chi connectivity index (χ1n) is 5.09. The van der Waals surface area contributed by atoms with E-state index in [2.05, 4.69) is 0 Å². The highest BCUT2D eigenvalue weighted by molar-refractivity contribution is 5.78. The summed E-state index contributed by atoms with van der Waals surface area (Å²) in [5.74, 6) is -0.339. The largest absolute Gasteiger partial charge is 0.405 e. The molecule has 2 atom stereocenters. The highest BCUT2D eigenvalue weighted by Crippen LogP contribution is 2.14. The van der Waals surface area contributed by atoms with Gasteiger partial charge in [0.15, 0.2) is 0 Å². The van der Waals surface area contributed by atoms with Gasteiger partial charge in [-0.05, 0) is 5.92 Å². The van der Waals surface area contributed by atoms with E-state index in [-0.39, 0.29) is 18.5 Å². The molecule has 7 heteroatoms. The van der Waals surface area contributed by atoms with Crippen LogP contribution in [0.25, 0.3) is 0 Å². The molecule has 0 spiro atoms. The molecule has 0 radical (unpaired) electrons. The summed E-state index contributed by atoms with van der Waals surface area (Å²) in [6, 6.07) is -0.00424. The Kier molecular flexibility index (Phi) is 4.15. The lowest BCUT2D eigenvalue weighted by molar-refractivity contribution is -0.138. The van der Waals surface area contributed by atoms with E-state index in [1.807, 2.05) is 12.2 Å². The number of amides is 1. The zero-order chi connectivity index (χ0) is 12.3. The van der Waals surface area contributed by atoms with Crippen LogP contribution < -0.4 is 11.1 Å². The molecule has 0 aromatic carbocycles. The predicted molar refractivity (Wildman–Crippen MR) is 52.6 cm³/mol. The van der Waals surface area contributed by atoms with Crippen molar-refractivity contribution in [3.63, 3.8) is 0 Å². The van der Waals surface area contributed by atoms with E-state index >= 15 is 0 Å². The fraction of sp³-hybridized carbons (Fsp3) is 0.889. The first kappa shape index (κ1) is 13.2. The Bertz CT molecular complexity index is 247. The Labute approximate surface area is 92.0 Å². The number of hydrogen-bond donors (Lipinski definition) is 2. The lowest BCUT2D eigenvalue weighted by Gasteiger charge is -2.15. The van der Waals surface area contributed by atoms with Gasteiger partial charge in [0.1, 0.15) is 6.54 Å². The van der Waals surface area contributed by atoms with Gasteiger partial charge in [0.25, 0.3) is 0 Å². The molecule has 1 aliphatic rings. The molecule has 2 unspecified atom stereocenters. The minimum absolute atomic E-state index is 0.00424. The first-order chi connectivity index (χ1) is 7.28. The highest BCUT2D eigenvalue weighted by Gasteiger charge is 2.30. The molecule has 3 N–H and O–H groups in total. The molecule has 0 aromatic rings. The van der Waals surface area contributed by atoms with Crippen molar-refractivity contribution in [2.75, 3.05) is 26.2 Å². The molecule has 1 rings (SSSR count). The normalized spacial score (nSPS) is 27.1. The number of rotatable bonds is 3. The molecule has 1 saturated heterocycles. The number of nitrogens with zero attached hydrogens (tertiary/aromatic N) is 1. The lowest BCUT2D eigenvalue weighted by Crippen LogP contribution is -2.41. The number of carbonyl (C=O) groups excluding carboxylic acids is 1. The number of nitrogens with one attached hydrogen (secondary N) is 1. The Morgan fingerprint density at radius 1 is 1.50 bits per heavy atom. The second kappa shape index (κ2) is 5.01. The Balaban J connectivity index is 2.25. The van der Waals surface area contributed by atoms with Gasteiger partial charge in [-0.1, -0.05) is 6.92 Å². The SMILES string of the molecule is CC1CN(CC(=O)NCC(F)(F)F)CC1N. The Morgan fingerprint density at radius 3 is 2.56 bits per heavy atom. The zero-order valence-electron chi connectivity index (χ0n) is 9.05. The Hall–Kier alpha value is -0.820. The quantitative estimate of drug-likeness (QED) is 0.725. The molecule has 0 bridgehead atoms. The van der Waals surface area contributed by atoms with E-state index in [0.717, 1.165) is 0 Å². The summed E-state index contributed by atoms with van der Waals surface area (Å²) in [6.45, 7) is 1.87. The van der Waals surface area contributed by atoms with E-state index in [4.69, 9.17) is 5.73 Å². The summed E-state index contributed by atoms with van der Waals surface area (Å²) < 4.78 is 35.4. The molecule has 1 heterocycles. The van der Waals surface area contributed by atoms with Crippen molar-refractivity contribution in [2.24, 2.45) is 11.7 Å². The van der Waals surface area contributed by atoms with Crippen molar-refractivity contribution in [3.05, 3.63) is 0 Å². The van der Waals surface area contributed by atoms with Crippen molar-refractivity contribution >= 4 is 5.91 Å². The van der Waals surface area contributed by atoms with Crippen LogP contribution in [0.2, 0.25) is 0 Å². The molecule has 0 saturated carbocycles. The average molecular weight is 239 g/mol. The van der Waals surface area contributed by atoms with Crippen molar-refractivity contribution < 1.29 is 18.0 Å². The third-order valence-electron chi connectivity index (χ3n) is 2.60. The number of nitrogens with two attached hydrogens (primary N) is 1. The highest BCUT2D eigenvalue weighted by atomic mass is 19.4. The number of likely N-dealkylation sites (tertiary alicyclic amines) is 1. The molecule has 0 aromatic heterocycles. The summed E-state index contributed by atoms with van der Waals surface area (Å²) in [7, 11) is 0. The van der Waals surface area contributed by atoms with Gasteiger partial charge in [-0.2, -0.15) is 13.2 Å². The minimum atomic E-state index is -4.36. The number of halogens is 3. The standard InChI is InChI=1S/C9H16F3N3O/c1-6-2-15(3-7(6)13)4-8(16)14-5-9(10,11)12/h6-7H,2-5,13H2,1H3,(H,14,16). The van der Waals surface area contributed by atoms with Crippen LogP contribution in [0.3, 0.4) is 0 Å². The topological polar surface area (TPSA) is 58.4 Å². The number of alkyl halides is 3. The average Bonchev–Trinajstić information content (AvgIpc) is 2.41. The molecular weight excluding hydrogens is 223 g/mol. The van der Waals surface area contributed by atoms with Gasteiger partial charge in [-0.3, -0.25) is 9.69 Å². The van der Waals surface area contributed by atoms with Gasteiger partial charge in [0.05, 0.1) is 6.54 Å². The van der Waals surface area contributed by atoms with Gasteiger partial charge >= 0.3 is 6.18 Å². The second-order valence-electron chi connectivity index (χ2n) is 4.23. The van der Waals surface area contributed by atoms with E-state index in [1.54, 1.807) is 4.90 Å². The molecule has 94 valence electrons. The summed E-state index contributed by atoms with van der Waals surface area (Å²) >= 11 is 0. The summed E-state index contributed by atoms with van der Waals surface area (Å²) in [5, 5.41) is 1.83. The van der Waals surface area contributed by atoms with Crippen molar-refractivity contribution in [3.8, 4) is 0 Å². The predicted octanol–water partition coefficient (Wildman–Crippen LogP) is -0.0561. The van der Waals surface area contributed by atoms with Gasteiger partial charge in [-0.25, -0.2) is 0 Å². The first-order valence-corrected chi connectivity index (χ1v) is 5.09. The van der Waals surface area contributed by atoms with Gasteiger partial charge in [0, 0.05) is 19.1 Å². The molecule has 1 aliphatic heterocycles. The van der Waals surface area contributed by atoms with Gasteiger partial charge < -0.3 is 11.1 Å². The van der Waals surface area contributed by atoms with Crippen molar-refractivity contribution in [2.45, 2.75) is 19.1 Å². The van der Waals surface area contributed by atoms with E-state index in [1.165, 1.54) is 0 Å². The van der Waals surface area contributed by atoms with Crippen molar-refractivity contribution in [1.29, 1.82) is 0 Å². The van der Waals surface area contributed by atoms with Crippen LogP contribution in [-0.4, -0.2) is 49.2 Å². The van der Waals surface area contributed by atoms with Crippen LogP contribution >= 0.6 is 0 Å². The monoisotopic (exact) mass is 239 g/mol. The van der Waals surface area contributed by atoms with Crippen molar-refractivity contribution in [1.82, 2.24) is 10.2 Å². The van der Waals surface area contributed by atoms with Crippen LogP contribution in [-0.2, 0) is 4.79 Å². The van der Waals surface area contributed by atoms with Crippen LogP contribution in [0.4, 0.5) is 13.2 Å². The fourth-order valence-corrected chi connectivity index (χ4v) is 1.68. The van der Waals surface area contributed by atoms with Crippen LogP contribution in [0.5, 0.6) is 0 Å². The molecule has 4 nitrogen and oxygen atoms in total. The summed E-state index contributed by atoms with van der Waals surface area (Å²) in [5.41, 5.74) is 5.73. The fourth-order valence-electron chi connectivity index (χ4n) is 1.68. The minimum Gasteiger partial charge on any atom is -0.346 e. The third-order valence-corrected chi connectivity index (χ3v) is 2.60. The number of hydrogen-bond acceptors (Lipinski definition) is 3. The maximum Gasteiger partial charge on any atom is 0.405 e.